The molecule has 3 nitrogen and oxygen atoms in total. The minimum atomic E-state index is 0.228. The zero-order valence-electron chi connectivity index (χ0n) is 11.3. The van der Waals surface area contributed by atoms with Gasteiger partial charge < -0.3 is 10.1 Å². The maximum Gasteiger partial charge on any atom is 0.223 e. The molecule has 0 bridgehead atoms. The molecule has 3 rings (SSSR count). The van der Waals surface area contributed by atoms with Crippen molar-refractivity contribution < 1.29 is 9.53 Å². The van der Waals surface area contributed by atoms with Gasteiger partial charge in [-0.1, -0.05) is 25.0 Å². The molecule has 1 heterocycles. The van der Waals surface area contributed by atoms with Crippen LogP contribution in [0.3, 0.4) is 0 Å². The first-order chi connectivity index (χ1) is 9.33. The van der Waals surface area contributed by atoms with Crippen molar-refractivity contribution in [2.24, 2.45) is 5.92 Å². The number of amides is 1. The Morgan fingerprint density at radius 2 is 2.11 bits per heavy atom. The van der Waals surface area contributed by atoms with E-state index in [-0.39, 0.29) is 11.8 Å². The number of hydrogen-bond acceptors (Lipinski definition) is 2. The van der Waals surface area contributed by atoms with Crippen molar-refractivity contribution in [3.05, 3.63) is 29.3 Å². The summed E-state index contributed by atoms with van der Waals surface area (Å²) in [5, 5.41) is 3.07. The fourth-order valence-electron chi connectivity index (χ4n) is 3.05. The second-order valence-electron chi connectivity index (χ2n) is 5.59. The second-order valence-corrected chi connectivity index (χ2v) is 5.59. The fourth-order valence-corrected chi connectivity index (χ4v) is 3.05. The molecule has 0 aromatic heterocycles. The molecule has 0 radical (unpaired) electrons. The van der Waals surface area contributed by atoms with E-state index >= 15 is 0 Å². The fraction of sp³-hybridized carbons (Fsp3) is 0.562. The van der Waals surface area contributed by atoms with Crippen molar-refractivity contribution in [1.29, 1.82) is 0 Å². The van der Waals surface area contributed by atoms with E-state index in [9.17, 15) is 4.79 Å². The maximum atomic E-state index is 12.0. The molecule has 1 aromatic rings. The molecule has 1 saturated carbocycles. The van der Waals surface area contributed by atoms with Crippen LogP contribution in [-0.4, -0.2) is 12.5 Å². The van der Waals surface area contributed by atoms with Crippen LogP contribution in [0.1, 0.15) is 43.2 Å². The Morgan fingerprint density at radius 3 is 2.95 bits per heavy atom. The van der Waals surface area contributed by atoms with Crippen molar-refractivity contribution in [2.75, 3.05) is 6.61 Å². The van der Waals surface area contributed by atoms with Gasteiger partial charge in [-0.05, 0) is 42.9 Å². The molecular weight excluding hydrogens is 238 g/mol. The van der Waals surface area contributed by atoms with Gasteiger partial charge in [-0.2, -0.15) is 0 Å². The van der Waals surface area contributed by atoms with E-state index in [1.54, 1.807) is 0 Å². The van der Waals surface area contributed by atoms with E-state index in [4.69, 9.17) is 4.74 Å². The quantitative estimate of drug-likeness (QED) is 0.906. The lowest BCUT2D eigenvalue weighted by molar-refractivity contribution is -0.124. The topological polar surface area (TPSA) is 38.3 Å². The van der Waals surface area contributed by atoms with Gasteiger partial charge in [0.15, 0.2) is 0 Å². The molecule has 1 fully saturated rings. The number of carbonyl (C=O) groups excluding carboxylic acids is 1. The average molecular weight is 259 g/mol. The summed E-state index contributed by atoms with van der Waals surface area (Å²) in [5.74, 6) is 1.49. The first-order valence-corrected chi connectivity index (χ1v) is 7.35. The molecule has 1 aliphatic carbocycles. The third-order valence-electron chi connectivity index (χ3n) is 4.17. The molecule has 1 N–H and O–H groups in total. The van der Waals surface area contributed by atoms with E-state index < -0.39 is 0 Å². The summed E-state index contributed by atoms with van der Waals surface area (Å²) in [6.45, 7) is 1.47. The van der Waals surface area contributed by atoms with Crippen LogP contribution in [-0.2, 0) is 17.8 Å². The molecule has 2 aliphatic rings. The highest BCUT2D eigenvalue weighted by molar-refractivity contribution is 5.78. The van der Waals surface area contributed by atoms with Crippen LogP contribution in [0.25, 0.3) is 0 Å². The van der Waals surface area contributed by atoms with Gasteiger partial charge in [-0.3, -0.25) is 4.79 Å². The lowest BCUT2D eigenvalue weighted by atomic mass is 10.0. The number of ether oxygens (including phenoxy) is 1. The highest BCUT2D eigenvalue weighted by Crippen LogP contribution is 2.26. The summed E-state index contributed by atoms with van der Waals surface area (Å²) in [4.78, 5) is 12.0. The standard InChI is InChI=1S/C16H21NO2/c18-16(13-4-1-2-5-13)17-11-12-7-8-15-14(10-12)6-3-9-19-15/h7-8,10,13H,1-6,9,11H2,(H,17,18). The summed E-state index contributed by atoms with van der Waals surface area (Å²) in [6, 6.07) is 6.26. The number of carbonyl (C=O) groups is 1. The van der Waals surface area contributed by atoms with Crippen LogP contribution in [0.2, 0.25) is 0 Å². The Hall–Kier alpha value is -1.51. The van der Waals surface area contributed by atoms with Crippen LogP contribution in [0.5, 0.6) is 5.75 Å². The van der Waals surface area contributed by atoms with E-state index in [0.29, 0.717) is 6.54 Å². The maximum absolute atomic E-state index is 12.0. The number of nitrogens with one attached hydrogen (secondary N) is 1. The smallest absolute Gasteiger partial charge is 0.223 e. The van der Waals surface area contributed by atoms with Gasteiger partial charge >= 0.3 is 0 Å². The minimum absolute atomic E-state index is 0.228. The summed E-state index contributed by atoms with van der Waals surface area (Å²) < 4.78 is 5.60. The first-order valence-electron chi connectivity index (χ1n) is 7.35. The predicted molar refractivity (Wildman–Crippen MR) is 74.1 cm³/mol. The molecule has 1 aromatic carbocycles. The van der Waals surface area contributed by atoms with Crippen molar-refractivity contribution in [3.8, 4) is 5.75 Å². The summed E-state index contributed by atoms with van der Waals surface area (Å²) in [5.41, 5.74) is 2.45. The average Bonchev–Trinajstić information content (AvgIpc) is 2.99. The van der Waals surface area contributed by atoms with Crippen LogP contribution in [0, 0.1) is 5.92 Å². The second kappa shape index (κ2) is 5.64. The van der Waals surface area contributed by atoms with Crippen molar-refractivity contribution >= 4 is 5.91 Å². The molecule has 3 heteroatoms. The molecule has 1 aliphatic heterocycles. The van der Waals surface area contributed by atoms with Crippen LogP contribution < -0.4 is 10.1 Å². The SMILES string of the molecule is O=C(NCc1ccc2c(c1)CCCO2)C1CCCC1. The predicted octanol–water partition coefficient (Wildman–Crippen LogP) is 2.82. The number of hydrogen-bond donors (Lipinski definition) is 1. The van der Waals surface area contributed by atoms with Crippen LogP contribution in [0.15, 0.2) is 18.2 Å². The Balaban J connectivity index is 1.59. The van der Waals surface area contributed by atoms with Crippen LogP contribution >= 0.6 is 0 Å². The van der Waals surface area contributed by atoms with Gasteiger partial charge in [0.25, 0.3) is 0 Å². The lowest BCUT2D eigenvalue weighted by Crippen LogP contribution is -2.28. The summed E-state index contributed by atoms with van der Waals surface area (Å²) in [7, 11) is 0. The molecule has 19 heavy (non-hydrogen) atoms. The largest absolute Gasteiger partial charge is 0.493 e. The molecule has 0 spiro atoms. The van der Waals surface area contributed by atoms with Crippen molar-refractivity contribution in [2.45, 2.75) is 45.1 Å². The van der Waals surface area contributed by atoms with Gasteiger partial charge in [0.05, 0.1) is 6.61 Å². The highest BCUT2D eigenvalue weighted by atomic mass is 16.5. The lowest BCUT2D eigenvalue weighted by Gasteiger charge is -2.18. The molecule has 1 amide bonds. The van der Waals surface area contributed by atoms with Gasteiger partial charge in [0.2, 0.25) is 5.91 Å². The minimum Gasteiger partial charge on any atom is -0.493 e. The molecule has 102 valence electrons. The molecule has 0 unspecified atom stereocenters. The van der Waals surface area contributed by atoms with Gasteiger partial charge in [-0.25, -0.2) is 0 Å². The number of rotatable bonds is 3. The summed E-state index contributed by atoms with van der Waals surface area (Å²) in [6.07, 6.45) is 6.70. The third-order valence-corrected chi connectivity index (χ3v) is 4.17. The zero-order chi connectivity index (χ0) is 13.1. The van der Waals surface area contributed by atoms with Crippen molar-refractivity contribution in [3.63, 3.8) is 0 Å². The Labute approximate surface area is 114 Å². The molecular formula is C16H21NO2. The van der Waals surface area contributed by atoms with Gasteiger partial charge in [-0.15, -0.1) is 0 Å². The zero-order valence-corrected chi connectivity index (χ0v) is 11.3. The van der Waals surface area contributed by atoms with Crippen molar-refractivity contribution in [1.82, 2.24) is 5.32 Å². The van der Waals surface area contributed by atoms with Gasteiger partial charge in [0.1, 0.15) is 5.75 Å². The van der Waals surface area contributed by atoms with E-state index in [1.165, 1.54) is 24.0 Å². The van der Waals surface area contributed by atoms with E-state index in [2.05, 4.69) is 17.4 Å². The number of fused-ring (bicyclic) bond motifs is 1. The number of benzene rings is 1. The van der Waals surface area contributed by atoms with Crippen LogP contribution in [0.4, 0.5) is 0 Å². The highest BCUT2D eigenvalue weighted by Gasteiger charge is 2.22. The Bertz CT molecular complexity index is 464. The third kappa shape index (κ3) is 2.91. The molecule has 0 saturated heterocycles. The van der Waals surface area contributed by atoms with E-state index in [0.717, 1.165) is 38.0 Å². The van der Waals surface area contributed by atoms with E-state index in [1.807, 2.05) is 6.07 Å². The normalized spacial score (nSPS) is 18.7. The first kappa shape index (κ1) is 12.5. The Kier molecular flexibility index (Phi) is 3.72. The monoisotopic (exact) mass is 259 g/mol. The van der Waals surface area contributed by atoms with Gasteiger partial charge in [0, 0.05) is 12.5 Å². The Morgan fingerprint density at radius 1 is 1.26 bits per heavy atom. The molecule has 0 atom stereocenters. The summed E-state index contributed by atoms with van der Waals surface area (Å²) >= 11 is 0. The number of aryl methyl sites for hydroxylation is 1.